The lowest BCUT2D eigenvalue weighted by molar-refractivity contribution is -0.130. The maximum absolute atomic E-state index is 11.4. The predicted molar refractivity (Wildman–Crippen MR) is 81.1 cm³/mol. The maximum atomic E-state index is 11.4. The van der Waals surface area contributed by atoms with Crippen molar-refractivity contribution in [2.24, 2.45) is 5.92 Å². The Morgan fingerprint density at radius 1 is 1.48 bits per heavy atom. The van der Waals surface area contributed by atoms with E-state index in [1.165, 1.54) is 0 Å². The van der Waals surface area contributed by atoms with Crippen LogP contribution in [-0.4, -0.2) is 54.1 Å². The molecule has 0 saturated carbocycles. The van der Waals surface area contributed by atoms with Crippen LogP contribution in [0.2, 0.25) is 0 Å². The van der Waals surface area contributed by atoms with E-state index in [-0.39, 0.29) is 5.91 Å². The van der Waals surface area contributed by atoms with E-state index in [2.05, 4.69) is 15.3 Å². The van der Waals surface area contributed by atoms with Gasteiger partial charge in [-0.05, 0) is 25.2 Å². The largest absolute Gasteiger partial charge is 0.383 e. The summed E-state index contributed by atoms with van der Waals surface area (Å²) < 4.78 is 4.97. The molecule has 1 N–H and O–H groups in total. The van der Waals surface area contributed by atoms with Gasteiger partial charge in [0.05, 0.1) is 24.7 Å². The monoisotopic (exact) mass is 292 g/mol. The zero-order valence-electron chi connectivity index (χ0n) is 12.8. The van der Waals surface area contributed by atoms with Gasteiger partial charge in [0, 0.05) is 33.7 Å². The van der Waals surface area contributed by atoms with Gasteiger partial charge in [0.25, 0.3) is 0 Å². The number of rotatable bonds is 6. The second kappa shape index (κ2) is 7.93. The van der Waals surface area contributed by atoms with Gasteiger partial charge in [-0.1, -0.05) is 0 Å². The smallest absolute Gasteiger partial charge is 0.219 e. The summed E-state index contributed by atoms with van der Waals surface area (Å²) >= 11 is 0. The van der Waals surface area contributed by atoms with E-state index in [1.54, 1.807) is 20.2 Å². The molecule has 1 aromatic rings. The molecule has 6 heteroatoms. The van der Waals surface area contributed by atoms with E-state index in [0.717, 1.165) is 50.4 Å². The Hall–Kier alpha value is -1.69. The highest BCUT2D eigenvalue weighted by Crippen LogP contribution is 2.20. The van der Waals surface area contributed by atoms with Crippen molar-refractivity contribution in [1.29, 1.82) is 0 Å². The number of nitrogens with one attached hydrogen (secondary N) is 1. The van der Waals surface area contributed by atoms with Crippen LogP contribution in [-0.2, 0) is 16.0 Å². The fourth-order valence-corrected chi connectivity index (χ4v) is 2.65. The number of anilines is 1. The second-order valence-corrected chi connectivity index (χ2v) is 5.49. The molecule has 1 atom stereocenters. The molecule has 1 saturated heterocycles. The molecule has 0 bridgehead atoms. The van der Waals surface area contributed by atoms with Crippen LogP contribution >= 0.6 is 0 Å². The number of ether oxygens (including phenoxy) is 1. The fraction of sp³-hybridized carbons (Fsp3) is 0.667. The van der Waals surface area contributed by atoms with Crippen LogP contribution in [0, 0.1) is 5.92 Å². The number of piperidine rings is 1. The Bertz CT molecular complexity index is 449. The highest BCUT2D eigenvalue weighted by atomic mass is 16.5. The number of methoxy groups -OCH3 is 1. The maximum Gasteiger partial charge on any atom is 0.219 e. The third kappa shape index (κ3) is 4.97. The first-order chi connectivity index (χ1) is 10.2. The molecule has 2 heterocycles. The van der Waals surface area contributed by atoms with Crippen LogP contribution < -0.4 is 5.32 Å². The van der Waals surface area contributed by atoms with Crippen molar-refractivity contribution < 1.29 is 9.53 Å². The first-order valence-electron chi connectivity index (χ1n) is 7.48. The Kier molecular flexibility index (Phi) is 5.92. The standard InChI is InChI=1S/C15H24N4O2/c1-12(20)19-6-3-4-13(11-19)8-14-9-18-15(10-17-14)16-5-7-21-2/h9-10,13H,3-8,11H2,1-2H3,(H,16,18). The lowest BCUT2D eigenvalue weighted by Gasteiger charge is -2.31. The quantitative estimate of drug-likeness (QED) is 0.801. The van der Waals surface area contributed by atoms with Crippen LogP contribution in [0.25, 0.3) is 0 Å². The van der Waals surface area contributed by atoms with Crippen molar-refractivity contribution in [3.05, 3.63) is 18.1 Å². The first-order valence-corrected chi connectivity index (χ1v) is 7.48. The van der Waals surface area contributed by atoms with Crippen LogP contribution in [0.3, 0.4) is 0 Å². The Balaban J connectivity index is 1.83. The van der Waals surface area contributed by atoms with Crippen LogP contribution in [0.1, 0.15) is 25.5 Å². The van der Waals surface area contributed by atoms with E-state index in [0.29, 0.717) is 12.5 Å². The van der Waals surface area contributed by atoms with Gasteiger partial charge in [0.1, 0.15) is 5.82 Å². The summed E-state index contributed by atoms with van der Waals surface area (Å²) in [7, 11) is 1.67. The summed E-state index contributed by atoms with van der Waals surface area (Å²) in [5, 5.41) is 3.15. The number of hydrogen-bond donors (Lipinski definition) is 1. The van der Waals surface area contributed by atoms with Crippen molar-refractivity contribution in [3.63, 3.8) is 0 Å². The average molecular weight is 292 g/mol. The second-order valence-electron chi connectivity index (χ2n) is 5.49. The minimum absolute atomic E-state index is 0.170. The van der Waals surface area contributed by atoms with Gasteiger partial charge in [0.15, 0.2) is 0 Å². The minimum Gasteiger partial charge on any atom is -0.383 e. The molecule has 1 unspecified atom stereocenters. The van der Waals surface area contributed by atoms with E-state index in [1.807, 2.05) is 11.1 Å². The normalized spacial score (nSPS) is 18.6. The lowest BCUT2D eigenvalue weighted by atomic mass is 9.93. The molecule has 116 valence electrons. The van der Waals surface area contributed by atoms with Crippen molar-refractivity contribution in [3.8, 4) is 0 Å². The molecule has 1 amide bonds. The molecule has 1 aliphatic heterocycles. The van der Waals surface area contributed by atoms with Gasteiger partial charge in [-0.25, -0.2) is 4.98 Å². The van der Waals surface area contributed by atoms with Gasteiger partial charge in [-0.2, -0.15) is 0 Å². The molecule has 21 heavy (non-hydrogen) atoms. The van der Waals surface area contributed by atoms with Gasteiger partial charge < -0.3 is 15.0 Å². The molecule has 1 aliphatic rings. The average Bonchev–Trinajstić information content (AvgIpc) is 2.49. The SMILES string of the molecule is COCCNc1cnc(CC2CCCN(C(C)=O)C2)cn1. The summed E-state index contributed by atoms with van der Waals surface area (Å²) in [5.41, 5.74) is 0.989. The topological polar surface area (TPSA) is 67.3 Å². The highest BCUT2D eigenvalue weighted by molar-refractivity contribution is 5.73. The van der Waals surface area contributed by atoms with Crippen LogP contribution in [0.15, 0.2) is 12.4 Å². The predicted octanol–water partition coefficient (Wildman–Crippen LogP) is 1.34. The number of aromatic nitrogens is 2. The number of hydrogen-bond acceptors (Lipinski definition) is 5. The Labute approximate surface area is 125 Å². The first kappa shape index (κ1) is 15.7. The van der Waals surface area contributed by atoms with Crippen molar-refractivity contribution in [2.45, 2.75) is 26.2 Å². The van der Waals surface area contributed by atoms with E-state index >= 15 is 0 Å². The summed E-state index contributed by atoms with van der Waals surface area (Å²) in [6, 6.07) is 0. The number of carbonyl (C=O) groups is 1. The molecule has 1 fully saturated rings. The van der Waals surface area contributed by atoms with Gasteiger partial charge in [-0.3, -0.25) is 9.78 Å². The number of amides is 1. The molecule has 0 radical (unpaired) electrons. The summed E-state index contributed by atoms with van der Waals surface area (Å²) in [4.78, 5) is 22.2. The van der Waals surface area contributed by atoms with Crippen molar-refractivity contribution >= 4 is 11.7 Å². The molecule has 0 aliphatic carbocycles. The molecular formula is C15H24N4O2. The Morgan fingerprint density at radius 2 is 2.33 bits per heavy atom. The van der Waals surface area contributed by atoms with Crippen LogP contribution in [0.4, 0.5) is 5.82 Å². The van der Waals surface area contributed by atoms with E-state index in [9.17, 15) is 4.79 Å². The lowest BCUT2D eigenvalue weighted by Crippen LogP contribution is -2.39. The summed E-state index contributed by atoms with van der Waals surface area (Å²) in [6.45, 7) is 4.74. The molecule has 1 aromatic heterocycles. The number of carbonyl (C=O) groups excluding carboxylic acids is 1. The van der Waals surface area contributed by atoms with E-state index < -0.39 is 0 Å². The fourth-order valence-electron chi connectivity index (χ4n) is 2.65. The van der Waals surface area contributed by atoms with Gasteiger partial charge >= 0.3 is 0 Å². The third-order valence-electron chi connectivity index (χ3n) is 3.78. The third-order valence-corrected chi connectivity index (χ3v) is 3.78. The highest BCUT2D eigenvalue weighted by Gasteiger charge is 2.22. The number of likely N-dealkylation sites (tertiary alicyclic amines) is 1. The molecule has 6 nitrogen and oxygen atoms in total. The number of nitrogens with zero attached hydrogens (tertiary/aromatic N) is 3. The molecule has 0 spiro atoms. The zero-order chi connectivity index (χ0) is 15.1. The zero-order valence-corrected chi connectivity index (χ0v) is 12.8. The Morgan fingerprint density at radius 3 is 3.00 bits per heavy atom. The van der Waals surface area contributed by atoms with Crippen LogP contribution in [0.5, 0.6) is 0 Å². The molecule has 0 aromatic carbocycles. The summed E-state index contributed by atoms with van der Waals surface area (Å²) in [6.07, 6.45) is 6.70. The van der Waals surface area contributed by atoms with Gasteiger partial charge in [-0.15, -0.1) is 0 Å². The van der Waals surface area contributed by atoms with E-state index in [4.69, 9.17) is 4.74 Å². The van der Waals surface area contributed by atoms with Crippen molar-refractivity contribution in [2.75, 3.05) is 38.7 Å². The minimum atomic E-state index is 0.170. The molecular weight excluding hydrogens is 268 g/mol. The summed E-state index contributed by atoms with van der Waals surface area (Å²) in [5.74, 6) is 1.43. The van der Waals surface area contributed by atoms with Crippen molar-refractivity contribution in [1.82, 2.24) is 14.9 Å². The van der Waals surface area contributed by atoms with Gasteiger partial charge in [0.2, 0.25) is 5.91 Å². The molecule has 2 rings (SSSR count).